The molecule has 1 aromatic carbocycles. The summed E-state index contributed by atoms with van der Waals surface area (Å²) in [7, 11) is 0. The molecule has 0 saturated carbocycles. The van der Waals surface area contributed by atoms with E-state index in [1.165, 1.54) is 0 Å². The number of rotatable bonds is 5. The Morgan fingerprint density at radius 2 is 2.39 bits per heavy atom. The second-order valence-electron chi connectivity index (χ2n) is 4.34. The molecule has 0 radical (unpaired) electrons. The number of nitrogens with one attached hydrogen (secondary N) is 1. The number of carbonyl (C=O) groups excluding carboxylic acids is 1. The zero-order valence-corrected chi connectivity index (χ0v) is 10.6. The van der Waals surface area contributed by atoms with Crippen LogP contribution in [0.1, 0.15) is 25.3 Å². The van der Waals surface area contributed by atoms with Crippen LogP contribution in [0, 0.1) is 0 Å². The second kappa shape index (κ2) is 6.40. The Kier molecular flexibility index (Phi) is 4.59. The van der Waals surface area contributed by atoms with Crippen LogP contribution in [-0.4, -0.2) is 25.2 Å². The van der Waals surface area contributed by atoms with E-state index in [0.717, 1.165) is 30.7 Å². The first kappa shape index (κ1) is 12.9. The number of carbonyl (C=O) groups is 1. The molecule has 1 atom stereocenters. The van der Waals surface area contributed by atoms with Gasteiger partial charge in [-0.3, -0.25) is 4.79 Å². The summed E-state index contributed by atoms with van der Waals surface area (Å²) in [5.41, 5.74) is 0.951. The van der Waals surface area contributed by atoms with E-state index in [1.54, 1.807) is 0 Å². The molecule has 1 N–H and O–H groups in total. The number of hydrogen-bond donors (Lipinski definition) is 1. The highest BCUT2D eigenvalue weighted by atomic mass is 16.5. The van der Waals surface area contributed by atoms with Gasteiger partial charge < -0.3 is 14.8 Å². The Hall–Kier alpha value is -1.55. The quantitative estimate of drug-likeness (QED) is 0.809. The van der Waals surface area contributed by atoms with E-state index >= 15 is 0 Å². The molecular formula is C14H19NO3. The summed E-state index contributed by atoms with van der Waals surface area (Å²) in [6, 6.07) is 7.51. The lowest BCUT2D eigenvalue weighted by molar-refractivity contribution is -0.147. The van der Waals surface area contributed by atoms with E-state index in [9.17, 15) is 4.79 Å². The van der Waals surface area contributed by atoms with Crippen molar-refractivity contribution in [3.63, 3.8) is 0 Å². The van der Waals surface area contributed by atoms with Gasteiger partial charge in [-0.15, -0.1) is 0 Å². The molecular weight excluding hydrogens is 230 g/mol. The second-order valence-corrected chi connectivity index (χ2v) is 4.34. The normalized spacial score (nSPS) is 18.6. The molecule has 1 aliphatic rings. The maximum atomic E-state index is 11.7. The Balaban J connectivity index is 1.85. The third kappa shape index (κ3) is 3.47. The van der Waals surface area contributed by atoms with Crippen LogP contribution in [0.3, 0.4) is 0 Å². The van der Waals surface area contributed by atoms with Crippen molar-refractivity contribution in [3.05, 3.63) is 29.8 Å². The van der Waals surface area contributed by atoms with Crippen molar-refractivity contribution in [2.75, 3.05) is 13.2 Å². The van der Waals surface area contributed by atoms with Gasteiger partial charge in [-0.05, 0) is 44.0 Å². The molecule has 0 amide bonds. The minimum atomic E-state index is -0.158. The summed E-state index contributed by atoms with van der Waals surface area (Å²) >= 11 is 0. The molecule has 1 fully saturated rings. The Morgan fingerprint density at radius 3 is 3.11 bits per heavy atom. The van der Waals surface area contributed by atoms with Gasteiger partial charge in [0.05, 0.1) is 6.61 Å². The molecule has 4 heteroatoms. The molecule has 1 saturated heterocycles. The van der Waals surface area contributed by atoms with Crippen LogP contribution < -0.4 is 10.1 Å². The summed E-state index contributed by atoms with van der Waals surface area (Å²) < 4.78 is 10.7. The lowest BCUT2D eigenvalue weighted by atomic mass is 10.2. The molecule has 1 unspecified atom stereocenters. The summed E-state index contributed by atoms with van der Waals surface area (Å²) in [4.78, 5) is 11.7. The van der Waals surface area contributed by atoms with Crippen molar-refractivity contribution in [2.45, 2.75) is 32.4 Å². The van der Waals surface area contributed by atoms with Crippen LogP contribution in [0.25, 0.3) is 0 Å². The first-order valence-corrected chi connectivity index (χ1v) is 6.41. The standard InChI is InChI=1S/C14H19NO3/c1-2-17-12-6-3-5-11(9-12)10-18-14(16)13-7-4-8-15-13/h3,5-6,9,13,15H,2,4,7-8,10H2,1H3. The molecule has 18 heavy (non-hydrogen) atoms. The predicted octanol–water partition coefficient (Wildman–Crippen LogP) is 1.88. The average molecular weight is 249 g/mol. The van der Waals surface area contributed by atoms with Crippen molar-refractivity contribution >= 4 is 5.97 Å². The summed E-state index contributed by atoms with van der Waals surface area (Å²) in [5.74, 6) is 0.652. The number of ether oxygens (including phenoxy) is 2. The molecule has 0 aliphatic carbocycles. The first-order valence-electron chi connectivity index (χ1n) is 6.41. The van der Waals surface area contributed by atoms with Gasteiger partial charge in [0.25, 0.3) is 0 Å². The van der Waals surface area contributed by atoms with Gasteiger partial charge in [-0.25, -0.2) is 0 Å². The predicted molar refractivity (Wildman–Crippen MR) is 68.4 cm³/mol. The van der Waals surface area contributed by atoms with Crippen molar-refractivity contribution in [1.29, 1.82) is 0 Å². The molecule has 0 aromatic heterocycles. The SMILES string of the molecule is CCOc1cccc(COC(=O)C2CCCN2)c1. The van der Waals surface area contributed by atoms with E-state index in [4.69, 9.17) is 9.47 Å². The van der Waals surface area contributed by atoms with Crippen LogP contribution in [-0.2, 0) is 16.1 Å². The van der Waals surface area contributed by atoms with Crippen LogP contribution in [0.4, 0.5) is 0 Å². The summed E-state index contributed by atoms with van der Waals surface area (Å²) in [5, 5.41) is 3.13. The minimum absolute atomic E-state index is 0.125. The third-order valence-corrected chi connectivity index (χ3v) is 2.94. The van der Waals surface area contributed by atoms with Crippen LogP contribution in [0.5, 0.6) is 5.75 Å². The topological polar surface area (TPSA) is 47.6 Å². The van der Waals surface area contributed by atoms with Crippen molar-refractivity contribution in [1.82, 2.24) is 5.32 Å². The average Bonchev–Trinajstić information content (AvgIpc) is 2.91. The fraction of sp³-hybridized carbons (Fsp3) is 0.500. The van der Waals surface area contributed by atoms with Gasteiger partial charge in [0.2, 0.25) is 0 Å². The highest BCUT2D eigenvalue weighted by Crippen LogP contribution is 2.15. The van der Waals surface area contributed by atoms with Gasteiger partial charge >= 0.3 is 5.97 Å². The van der Waals surface area contributed by atoms with E-state index in [0.29, 0.717) is 13.2 Å². The van der Waals surface area contributed by atoms with Crippen molar-refractivity contribution in [3.8, 4) is 5.75 Å². The highest BCUT2D eigenvalue weighted by Gasteiger charge is 2.23. The number of benzene rings is 1. The smallest absolute Gasteiger partial charge is 0.323 e. The molecule has 1 aliphatic heterocycles. The molecule has 0 bridgehead atoms. The van der Waals surface area contributed by atoms with Gasteiger partial charge in [0.1, 0.15) is 18.4 Å². The Labute approximate surface area is 107 Å². The van der Waals surface area contributed by atoms with Gasteiger partial charge in [-0.1, -0.05) is 12.1 Å². The lowest BCUT2D eigenvalue weighted by Gasteiger charge is -2.11. The molecule has 0 spiro atoms. The molecule has 98 valence electrons. The maximum absolute atomic E-state index is 11.7. The highest BCUT2D eigenvalue weighted by molar-refractivity contribution is 5.76. The lowest BCUT2D eigenvalue weighted by Crippen LogP contribution is -2.32. The van der Waals surface area contributed by atoms with Gasteiger partial charge in [-0.2, -0.15) is 0 Å². The first-order chi connectivity index (χ1) is 8.79. The number of esters is 1. The van der Waals surface area contributed by atoms with Crippen LogP contribution in [0.15, 0.2) is 24.3 Å². The fourth-order valence-electron chi connectivity index (χ4n) is 2.03. The van der Waals surface area contributed by atoms with E-state index in [1.807, 2.05) is 31.2 Å². The Morgan fingerprint density at radius 1 is 1.50 bits per heavy atom. The minimum Gasteiger partial charge on any atom is -0.494 e. The van der Waals surface area contributed by atoms with E-state index in [2.05, 4.69) is 5.32 Å². The van der Waals surface area contributed by atoms with Crippen molar-refractivity contribution in [2.24, 2.45) is 0 Å². The van der Waals surface area contributed by atoms with Crippen LogP contribution in [0.2, 0.25) is 0 Å². The molecule has 1 heterocycles. The van der Waals surface area contributed by atoms with E-state index < -0.39 is 0 Å². The van der Waals surface area contributed by atoms with E-state index in [-0.39, 0.29) is 12.0 Å². The van der Waals surface area contributed by atoms with Gasteiger partial charge in [0.15, 0.2) is 0 Å². The maximum Gasteiger partial charge on any atom is 0.323 e. The zero-order valence-electron chi connectivity index (χ0n) is 10.6. The summed E-state index contributed by atoms with van der Waals surface area (Å²) in [6.07, 6.45) is 1.91. The molecule has 1 aromatic rings. The third-order valence-electron chi connectivity index (χ3n) is 2.94. The Bertz CT molecular complexity index is 400. The fourth-order valence-corrected chi connectivity index (χ4v) is 2.03. The molecule has 4 nitrogen and oxygen atoms in total. The van der Waals surface area contributed by atoms with Crippen LogP contribution >= 0.6 is 0 Å². The molecule has 2 rings (SSSR count). The zero-order chi connectivity index (χ0) is 12.8. The monoisotopic (exact) mass is 249 g/mol. The van der Waals surface area contributed by atoms with Crippen molar-refractivity contribution < 1.29 is 14.3 Å². The largest absolute Gasteiger partial charge is 0.494 e. The number of hydrogen-bond acceptors (Lipinski definition) is 4. The van der Waals surface area contributed by atoms with Gasteiger partial charge in [0, 0.05) is 0 Å². The summed E-state index contributed by atoms with van der Waals surface area (Å²) in [6.45, 7) is 3.78.